The predicted octanol–water partition coefficient (Wildman–Crippen LogP) is -2.92. The molecule has 2 N–H and O–H groups in total. The van der Waals surface area contributed by atoms with Crippen LogP contribution in [0, 0.1) is 11.8 Å². The third kappa shape index (κ3) is 32.4. The van der Waals surface area contributed by atoms with E-state index in [0.29, 0.717) is 0 Å². The highest BCUT2D eigenvalue weighted by Crippen LogP contribution is 2.44. The number of aliphatic hydroxyl groups excluding tert-OH is 1. The van der Waals surface area contributed by atoms with Crippen molar-refractivity contribution in [1.29, 1.82) is 0 Å². The minimum atomic E-state index is -5.20. The number of phosphoric acid groups is 7. The first-order valence-corrected chi connectivity index (χ1v) is 25.4. The number of aliphatic hydroxyl groups is 1. The molecule has 0 saturated carbocycles. The summed E-state index contributed by atoms with van der Waals surface area (Å²) < 4.78 is 149. The van der Waals surface area contributed by atoms with Gasteiger partial charge in [-0.05, 0) is 6.42 Å². The number of alkyl halides is 1. The van der Waals surface area contributed by atoms with Gasteiger partial charge >= 0.3 is 0 Å². The minimum absolute atomic E-state index is 0.169. The highest BCUT2D eigenvalue weighted by molar-refractivity contribution is 7.47. The highest BCUT2D eigenvalue weighted by atomic mass is 31.2. The largest absolute Gasteiger partial charge is 0.756 e. The van der Waals surface area contributed by atoms with E-state index in [1.54, 1.807) is 0 Å². The zero-order chi connectivity index (χ0) is 43.2. The summed E-state index contributed by atoms with van der Waals surface area (Å²) in [4.78, 5) is 89.3. The van der Waals surface area contributed by atoms with E-state index in [1.807, 2.05) is 0 Å². The standard InChI is InChI=1S/C19H46FO29P7/c1-2-18(15-47-50(22,23)24)16-48-55(33,34)45-11-9-43-53(29,30)41-7-5-39-51(25,26)37-3-4-38-52(27,28)40-6-8-42-54(31,32)44-10-12-46-56(35,36)49-17-19(13-20)14-21/h18-19,21H,2-17H2,1H3,(H,25,26)(H,27,28)(H,29,30)(H,31,32)(H,33,34)(H,35,36)(H2,22,23,24)/p-7. The number of hydrogen-bond donors (Lipinski definition) is 2. The maximum Gasteiger partial charge on any atom is 0.268 e. The lowest BCUT2D eigenvalue weighted by molar-refractivity contribution is -0.238. The van der Waals surface area contributed by atoms with Crippen LogP contribution in [0.25, 0.3) is 0 Å². The molecule has 0 aliphatic rings. The van der Waals surface area contributed by atoms with Crippen LogP contribution in [0.4, 0.5) is 4.39 Å². The van der Waals surface area contributed by atoms with Crippen molar-refractivity contribution in [2.45, 2.75) is 13.3 Å². The van der Waals surface area contributed by atoms with E-state index in [1.165, 1.54) is 6.92 Å². The Kier molecular flexibility index (Phi) is 27.9. The second kappa shape index (κ2) is 27.6. The molecule has 37 heteroatoms. The summed E-state index contributed by atoms with van der Waals surface area (Å²) in [5.74, 6) is -1.94. The molecule has 56 heavy (non-hydrogen) atoms. The molecule has 0 aromatic heterocycles. The number of phosphoric ester groups is 7. The molecule has 0 amide bonds. The normalized spacial score (nSPS) is 21.0. The molecule has 0 heterocycles. The summed E-state index contributed by atoms with van der Waals surface area (Å²) in [6.07, 6.45) is 0.169. The summed E-state index contributed by atoms with van der Waals surface area (Å²) in [5.41, 5.74) is 0. The van der Waals surface area contributed by atoms with Crippen LogP contribution in [-0.2, 0) is 90.8 Å². The molecular weight excluding hydrogens is 928 g/mol. The lowest BCUT2D eigenvalue weighted by Gasteiger charge is -2.27. The van der Waals surface area contributed by atoms with Crippen molar-refractivity contribution in [3.63, 3.8) is 0 Å². The zero-order valence-electron chi connectivity index (χ0n) is 28.9. The molecule has 0 fully saturated rings. The van der Waals surface area contributed by atoms with Crippen molar-refractivity contribution < 1.29 is 139 Å². The summed E-state index contributed by atoms with van der Waals surface area (Å²) in [6.45, 7) is -11.8. The van der Waals surface area contributed by atoms with Crippen LogP contribution >= 0.6 is 54.8 Å². The van der Waals surface area contributed by atoms with Crippen LogP contribution < -0.4 is 34.3 Å². The Morgan fingerprint density at radius 1 is 0.429 bits per heavy atom. The highest BCUT2D eigenvalue weighted by Gasteiger charge is 2.19. The first-order valence-electron chi connectivity index (χ1n) is 15.1. The van der Waals surface area contributed by atoms with Gasteiger partial charge in [0.1, 0.15) is 0 Å². The second-order valence-corrected chi connectivity index (χ2v) is 19.5. The first-order chi connectivity index (χ1) is 25.7. The van der Waals surface area contributed by atoms with Gasteiger partial charge < -0.3 is 103 Å². The first kappa shape index (κ1) is 56.7. The maximum absolute atomic E-state index is 12.4. The van der Waals surface area contributed by atoms with Crippen LogP contribution in [0.5, 0.6) is 0 Å². The molecular formula is C19H39FO29P7-7. The van der Waals surface area contributed by atoms with Crippen LogP contribution in [0.15, 0.2) is 0 Å². The van der Waals surface area contributed by atoms with E-state index in [4.69, 9.17) is 10.00 Å². The van der Waals surface area contributed by atoms with Crippen LogP contribution in [0.3, 0.4) is 0 Å². The van der Waals surface area contributed by atoms with Gasteiger partial charge in [0, 0.05) is 11.8 Å². The zero-order valence-corrected chi connectivity index (χ0v) is 35.2. The molecule has 338 valence electrons. The van der Waals surface area contributed by atoms with Crippen molar-refractivity contribution in [3.8, 4) is 0 Å². The summed E-state index contributed by atoms with van der Waals surface area (Å²) in [7, 11) is -35.8. The molecule has 0 saturated heterocycles. The van der Waals surface area contributed by atoms with Crippen molar-refractivity contribution in [3.05, 3.63) is 0 Å². The molecule has 0 aromatic carbocycles. The summed E-state index contributed by atoms with van der Waals surface area (Å²) >= 11 is 0. The van der Waals surface area contributed by atoms with Crippen molar-refractivity contribution in [2.24, 2.45) is 11.8 Å². The third-order valence-corrected chi connectivity index (χ3v) is 11.8. The van der Waals surface area contributed by atoms with E-state index in [9.17, 15) is 70.6 Å². The number of halogens is 1. The second-order valence-electron chi connectivity index (χ2n) is 9.85. The Balaban J connectivity index is 4.23. The van der Waals surface area contributed by atoms with Crippen molar-refractivity contribution in [1.82, 2.24) is 0 Å². The Labute approximate surface area is 318 Å². The summed E-state index contributed by atoms with van der Waals surface area (Å²) in [5, 5.41) is 8.78. The molecule has 0 radical (unpaired) electrons. The van der Waals surface area contributed by atoms with E-state index in [2.05, 4.69) is 58.8 Å². The van der Waals surface area contributed by atoms with Gasteiger partial charge in [0.05, 0.1) is 99.2 Å². The van der Waals surface area contributed by atoms with Crippen molar-refractivity contribution in [2.75, 3.05) is 99.2 Å². The fourth-order valence-electron chi connectivity index (χ4n) is 2.74. The lowest BCUT2D eigenvalue weighted by Crippen LogP contribution is -2.20. The number of rotatable bonds is 37. The Morgan fingerprint density at radius 2 is 0.643 bits per heavy atom. The number of hydrogen-bond acceptors (Lipinski definition) is 28. The van der Waals surface area contributed by atoms with E-state index in [-0.39, 0.29) is 6.42 Å². The Bertz CT molecular complexity index is 1440. The van der Waals surface area contributed by atoms with Crippen LogP contribution in [0.2, 0.25) is 0 Å². The summed E-state index contributed by atoms with van der Waals surface area (Å²) in [6, 6.07) is 0. The minimum Gasteiger partial charge on any atom is -0.756 e. The smallest absolute Gasteiger partial charge is 0.268 e. The van der Waals surface area contributed by atoms with Gasteiger partial charge in [0.2, 0.25) is 0 Å². The molecule has 0 aromatic rings. The molecule has 9 atom stereocenters. The quantitative estimate of drug-likeness (QED) is 0.0465. The SMILES string of the molecule is CCC(COP(=O)([O-])O)COP(=O)([O-])OCCOP(=O)([O-])OCCOP(=O)([O-])OCCOP(=O)([O-])OCCOP(=O)([O-])OCCOP(=O)([O-])OCC(CO)CF. The topological polar surface area (TPSA) is 441 Å². The van der Waals surface area contributed by atoms with Gasteiger partial charge in [0.15, 0.2) is 0 Å². The molecule has 0 aliphatic carbocycles. The molecule has 9 unspecified atom stereocenters. The average molecular weight is 967 g/mol. The molecule has 0 rings (SSSR count). The average Bonchev–Trinajstić information content (AvgIpc) is 3.08. The van der Waals surface area contributed by atoms with E-state index in [0.717, 1.165) is 0 Å². The molecule has 0 bridgehead atoms. The maximum atomic E-state index is 12.4. The molecule has 0 aliphatic heterocycles. The molecule has 29 nitrogen and oxygen atoms in total. The lowest BCUT2D eigenvalue weighted by atomic mass is 10.1. The Hall–Kier alpha value is 0.660. The van der Waals surface area contributed by atoms with Gasteiger partial charge in [0.25, 0.3) is 54.8 Å². The van der Waals surface area contributed by atoms with Gasteiger partial charge in [-0.1, -0.05) is 6.92 Å². The van der Waals surface area contributed by atoms with E-state index >= 15 is 0 Å². The monoisotopic (exact) mass is 967 g/mol. The van der Waals surface area contributed by atoms with Gasteiger partial charge in [-0.2, -0.15) is 0 Å². The Morgan fingerprint density at radius 3 is 0.839 bits per heavy atom. The van der Waals surface area contributed by atoms with Gasteiger partial charge in [-0.15, -0.1) is 0 Å². The van der Waals surface area contributed by atoms with Crippen LogP contribution in [-0.4, -0.2) is 109 Å². The fourth-order valence-corrected chi connectivity index (χ4v) is 7.35. The van der Waals surface area contributed by atoms with Crippen LogP contribution in [0.1, 0.15) is 13.3 Å². The predicted molar refractivity (Wildman–Crippen MR) is 163 cm³/mol. The fraction of sp³-hybridized carbons (Fsp3) is 1.00. The molecule has 0 spiro atoms. The van der Waals surface area contributed by atoms with Gasteiger partial charge in [-0.25, -0.2) is 0 Å². The third-order valence-electron chi connectivity index (χ3n) is 5.37. The van der Waals surface area contributed by atoms with Gasteiger partial charge in [-0.3, -0.25) is 36.3 Å². The van der Waals surface area contributed by atoms with E-state index < -0.39 is 166 Å². The van der Waals surface area contributed by atoms with Crippen molar-refractivity contribution >= 4 is 54.8 Å².